The maximum Gasteiger partial charge on any atom is 0.236 e. The molecule has 4 aromatic rings. The van der Waals surface area contributed by atoms with Crippen LogP contribution in [0.3, 0.4) is 0 Å². The lowest BCUT2D eigenvalue weighted by Gasteiger charge is -2.04. The van der Waals surface area contributed by atoms with E-state index in [4.69, 9.17) is 9.72 Å². The molecular weight excluding hydrogens is 452 g/mol. The number of nitrogens with zero attached hydrogens (tertiary/aromatic N) is 5. The summed E-state index contributed by atoms with van der Waals surface area (Å²) in [5, 5.41) is 21.9. The Morgan fingerprint density at radius 3 is 2.61 bits per heavy atom. The van der Waals surface area contributed by atoms with Gasteiger partial charge in [0.25, 0.3) is 0 Å². The van der Waals surface area contributed by atoms with E-state index >= 15 is 0 Å². The summed E-state index contributed by atoms with van der Waals surface area (Å²) in [6.07, 6.45) is 0. The standard InChI is InChI=1S/C20H18N6O2S3/c1-11-18(31-19(21-11)13-6-4-5-7-15(13)28-3)14-8-9-17(25-24-14)29-10-16(27)22-20-26-23-12(2)30-20/h4-9H,10H2,1-3H3,(H,22,26,27). The Hall–Kier alpha value is -2.89. The second kappa shape index (κ2) is 9.50. The van der Waals surface area contributed by atoms with Gasteiger partial charge in [0.15, 0.2) is 0 Å². The first-order valence-corrected chi connectivity index (χ1v) is 11.8. The smallest absolute Gasteiger partial charge is 0.236 e. The van der Waals surface area contributed by atoms with E-state index in [1.165, 1.54) is 23.1 Å². The Bertz CT molecular complexity index is 1210. The lowest BCUT2D eigenvalue weighted by molar-refractivity contribution is -0.113. The Morgan fingerprint density at radius 2 is 1.90 bits per heavy atom. The van der Waals surface area contributed by atoms with Crippen molar-refractivity contribution in [1.82, 2.24) is 25.4 Å². The molecule has 0 unspecified atom stereocenters. The van der Waals surface area contributed by atoms with Gasteiger partial charge < -0.3 is 4.74 Å². The summed E-state index contributed by atoms with van der Waals surface area (Å²) in [7, 11) is 1.65. The number of aryl methyl sites for hydroxylation is 2. The van der Waals surface area contributed by atoms with Crippen LogP contribution in [0.25, 0.3) is 21.1 Å². The van der Waals surface area contributed by atoms with Gasteiger partial charge >= 0.3 is 0 Å². The predicted octanol–water partition coefficient (Wildman–Crippen LogP) is 4.47. The van der Waals surface area contributed by atoms with Gasteiger partial charge in [0.05, 0.1) is 29.0 Å². The molecule has 0 spiro atoms. The van der Waals surface area contributed by atoms with Crippen LogP contribution in [0.15, 0.2) is 41.4 Å². The van der Waals surface area contributed by atoms with Gasteiger partial charge in [0.1, 0.15) is 26.5 Å². The largest absolute Gasteiger partial charge is 0.496 e. The molecule has 0 atom stereocenters. The highest BCUT2D eigenvalue weighted by molar-refractivity contribution is 7.99. The Labute approximate surface area is 191 Å². The lowest BCUT2D eigenvalue weighted by Crippen LogP contribution is -2.14. The molecule has 1 aromatic carbocycles. The van der Waals surface area contributed by atoms with Crippen molar-refractivity contribution < 1.29 is 9.53 Å². The number of ether oxygens (including phenoxy) is 1. The number of thiazole rings is 1. The zero-order valence-corrected chi connectivity index (χ0v) is 19.4. The molecule has 3 aromatic heterocycles. The first kappa shape index (κ1) is 21.3. The van der Waals surface area contributed by atoms with Crippen molar-refractivity contribution in [3.05, 3.63) is 47.1 Å². The number of thioether (sulfide) groups is 1. The molecule has 0 saturated carbocycles. The fraction of sp³-hybridized carbons (Fsp3) is 0.200. The summed E-state index contributed by atoms with van der Waals surface area (Å²) in [6.45, 7) is 3.79. The molecule has 11 heteroatoms. The minimum Gasteiger partial charge on any atom is -0.496 e. The van der Waals surface area contributed by atoms with Crippen molar-refractivity contribution in [1.29, 1.82) is 0 Å². The number of nitrogens with one attached hydrogen (secondary N) is 1. The first-order valence-electron chi connectivity index (χ1n) is 9.21. The van der Waals surface area contributed by atoms with Crippen molar-refractivity contribution in [3.63, 3.8) is 0 Å². The van der Waals surface area contributed by atoms with E-state index in [-0.39, 0.29) is 11.7 Å². The summed E-state index contributed by atoms with van der Waals surface area (Å²) in [4.78, 5) is 17.7. The minimum absolute atomic E-state index is 0.160. The van der Waals surface area contributed by atoms with Crippen molar-refractivity contribution in [2.45, 2.75) is 18.9 Å². The maximum absolute atomic E-state index is 12.1. The summed E-state index contributed by atoms with van der Waals surface area (Å²) in [5.41, 5.74) is 2.57. The highest BCUT2D eigenvalue weighted by Gasteiger charge is 2.16. The molecule has 1 N–H and O–H groups in total. The van der Waals surface area contributed by atoms with Crippen LogP contribution in [0.4, 0.5) is 5.13 Å². The van der Waals surface area contributed by atoms with Crippen LogP contribution in [0.5, 0.6) is 5.75 Å². The number of carbonyl (C=O) groups is 1. The molecule has 0 saturated heterocycles. The van der Waals surface area contributed by atoms with Gasteiger partial charge in [-0.05, 0) is 38.1 Å². The number of hydrogen-bond donors (Lipinski definition) is 1. The van der Waals surface area contributed by atoms with Crippen LogP contribution in [-0.4, -0.2) is 44.1 Å². The van der Waals surface area contributed by atoms with Crippen molar-refractivity contribution >= 4 is 45.5 Å². The van der Waals surface area contributed by atoms with Crippen LogP contribution >= 0.6 is 34.4 Å². The fourth-order valence-corrected chi connectivity index (χ4v) is 5.01. The van der Waals surface area contributed by atoms with Gasteiger partial charge in [-0.3, -0.25) is 10.1 Å². The van der Waals surface area contributed by atoms with Crippen LogP contribution < -0.4 is 10.1 Å². The van der Waals surface area contributed by atoms with Crippen molar-refractivity contribution in [2.24, 2.45) is 0 Å². The van der Waals surface area contributed by atoms with Crippen LogP contribution in [0, 0.1) is 13.8 Å². The average Bonchev–Trinajstić information content (AvgIpc) is 3.37. The highest BCUT2D eigenvalue weighted by atomic mass is 32.2. The lowest BCUT2D eigenvalue weighted by atomic mass is 10.2. The Kier molecular flexibility index (Phi) is 6.54. The number of rotatable bonds is 7. The third-order valence-electron chi connectivity index (χ3n) is 4.13. The van der Waals surface area contributed by atoms with Crippen molar-refractivity contribution in [3.8, 4) is 26.9 Å². The molecule has 1 amide bonds. The summed E-state index contributed by atoms with van der Waals surface area (Å²) in [6, 6.07) is 11.6. The average molecular weight is 471 g/mol. The topological polar surface area (TPSA) is 103 Å². The summed E-state index contributed by atoms with van der Waals surface area (Å²) in [5.74, 6) is 0.832. The van der Waals surface area contributed by atoms with Gasteiger partial charge in [-0.15, -0.1) is 31.7 Å². The maximum atomic E-state index is 12.1. The van der Waals surface area contributed by atoms with E-state index in [2.05, 4.69) is 25.7 Å². The first-order chi connectivity index (χ1) is 15.0. The Morgan fingerprint density at radius 1 is 1.06 bits per heavy atom. The number of hydrogen-bond acceptors (Lipinski definition) is 10. The molecule has 0 radical (unpaired) electrons. The quantitative estimate of drug-likeness (QED) is 0.395. The molecule has 0 aliphatic carbocycles. The number of aromatic nitrogens is 5. The molecule has 158 valence electrons. The van der Waals surface area contributed by atoms with Crippen LogP contribution in [0.2, 0.25) is 0 Å². The SMILES string of the molecule is COc1ccccc1-c1nc(C)c(-c2ccc(SCC(=O)Nc3nnc(C)s3)nn2)s1. The summed E-state index contributed by atoms with van der Waals surface area (Å²) >= 11 is 4.20. The number of carbonyl (C=O) groups excluding carboxylic acids is 1. The van der Waals surface area contributed by atoms with E-state index in [0.717, 1.165) is 37.6 Å². The van der Waals surface area contributed by atoms with Crippen molar-refractivity contribution in [2.75, 3.05) is 18.2 Å². The normalized spacial score (nSPS) is 10.8. The van der Waals surface area contributed by atoms with E-state index < -0.39 is 0 Å². The monoisotopic (exact) mass is 470 g/mol. The minimum atomic E-state index is -0.160. The zero-order valence-electron chi connectivity index (χ0n) is 16.9. The van der Waals surface area contributed by atoms with Crippen LogP contribution in [0.1, 0.15) is 10.7 Å². The second-order valence-corrected chi connectivity index (χ2v) is 9.53. The van der Waals surface area contributed by atoms with E-state index in [1.54, 1.807) is 18.4 Å². The molecule has 0 aliphatic heterocycles. The molecule has 8 nitrogen and oxygen atoms in total. The second-order valence-electron chi connectivity index (χ2n) is 6.35. The van der Waals surface area contributed by atoms with Gasteiger partial charge in [0, 0.05) is 0 Å². The van der Waals surface area contributed by atoms with Gasteiger partial charge in [-0.1, -0.05) is 35.2 Å². The Balaban J connectivity index is 1.43. The number of anilines is 1. The van der Waals surface area contributed by atoms with Gasteiger partial charge in [-0.2, -0.15) is 0 Å². The number of benzene rings is 1. The summed E-state index contributed by atoms with van der Waals surface area (Å²) < 4.78 is 5.45. The highest BCUT2D eigenvalue weighted by Crippen LogP contribution is 2.38. The van der Waals surface area contributed by atoms with E-state index in [0.29, 0.717) is 10.2 Å². The molecule has 0 aliphatic rings. The molecule has 0 bridgehead atoms. The number of methoxy groups -OCH3 is 1. The third-order valence-corrected chi connectivity index (χ3v) is 7.02. The molecule has 31 heavy (non-hydrogen) atoms. The number of amides is 1. The zero-order chi connectivity index (χ0) is 21.8. The molecule has 3 heterocycles. The van der Waals surface area contributed by atoms with E-state index in [9.17, 15) is 4.79 Å². The molecular formula is C20H18N6O2S3. The number of para-hydroxylation sites is 1. The molecule has 0 fully saturated rings. The predicted molar refractivity (Wildman–Crippen MR) is 124 cm³/mol. The van der Waals surface area contributed by atoms with E-state index in [1.807, 2.05) is 50.2 Å². The fourth-order valence-electron chi connectivity index (χ4n) is 2.73. The third kappa shape index (κ3) is 5.06. The van der Waals surface area contributed by atoms with Gasteiger partial charge in [0.2, 0.25) is 11.0 Å². The van der Waals surface area contributed by atoms with Crippen LogP contribution in [-0.2, 0) is 4.79 Å². The molecule has 4 rings (SSSR count). The van der Waals surface area contributed by atoms with Gasteiger partial charge in [-0.25, -0.2) is 4.98 Å².